The molecular formula is C45H50N6O15S. The van der Waals surface area contributed by atoms with Crippen LogP contribution in [0.3, 0.4) is 0 Å². The molecule has 6 unspecified atom stereocenters. The monoisotopic (exact) mass is 946 g/mol. The fraction of sp³-hybridized carbons (Fsp3) is 0.444. The number of hydrogen-bond donors (Lipinski definition) is 7. The van der Waals surface area contributed by atoms with E-state index in [1.54, 1.807) is 47.9 Å². The number of pyridine rings is 2. The molecule has 8 rings (SSSR count). The van der Waals surface area contributed by atoms with Gasteiger partial charge in [-0.3, -0.25) is 9.59 Å². The number of amides is 1. The van der Waals surface area contributed by atoms with E-state index in [9.17, 15) is 34.2 Å². The summed E-state index contributed by atoms with van der Waals surface area (Å²) in [5.74, 6) is -2.30. The van der Waals surface area contributed by atoms with E-state index < -0.39 is 84.4 Å². The van der Waals surface area contributed by atoms with Crippen LogP contribution < -0.4 is 41.5 Å². The summed E-state index contributed by atoms with van der Waals surface area (Å²) in [6.07, 6.45) is -4.91. The molecule has 4 aromatic rings. The summed E-state index contributed by atoms with van der Waals surface area (Å²) in [7, 11) is 0. The molecule has 0 bridgehead atoms. The summed E-state index contributed by atoms with van der Waals surface area (Å²) in [5, 5.41) is 39.6. The van der Waals surface area contributed by atoms with E-state index in [1.165, 1.54) is 13.8 Å². The van der Waals surface area contributed by atoms with Crippen molar-refractivity contribution in [3.8, 4) is 28.6 Å². The normalized spacial score (nSPS) is 23.2. The second-order valence-electron chi connectivity index (χ2n) is 16.6. The van der Waals surface area contributed by atoms with Crippen molar-refractivity contribution in [1.82, 2.24) is 20.2 Å². The van der Waals surface area contributed by atoms with Crippen molar-refractivity contribution < 1.29 is 67.7 Å². The van der Waals surface area contributed by atoms with Gasteiger partial charge in [0.25, 0.3) is 5.56 Å². The summed E-state index contributed by atoms with van der Waals surface area (Å²) in [6.45, 7) is 4.19. The average Bonchev–Trinajstić information content (AvgIpc) is 3.91. The molecule has 0 spiro atoms. The molecule has 8 N–H and O–H groups in total. The lowest BCUT2D eigenvalue weighted by Gasteiger charge is -2.40. The number of unbranched alkanes of at least 4 members (excludes halogenated alkanes) is 1. The summed E-state index contributed by atoms with van der Waals surface area (Å²) in [4.78, 5) is 71.5. The van der Waals surface area contributed by atoms with E-state index in [2.05, 4.69) is 16.0 Å². The molecule has 2 aromatic heterocycles. The lowest BCUT2D eigenvalue weighted by atomic mass is 9.85. The molecule has 67 heavy (non-hydrogen) atoms. The van der Waals surface area contributed by atoms with E-state index in [0.717, 1.165) is 10.9 Å². The number of ether oxygens (including phenoxy) is 7. The first-order valence-electron chi connectivity index (χ1n) is 21.7. The smallest absolute Gasteiger partial charge is 0.355 e. The van der Waals surface area contributed by atoms with Gasteiger partial charge >= 0.3 is 17.9 Å². The predicted octanol–water partition coefficient (Wildman–Crippen LogP) is 1.66. The molecule has 8 atom stereocenters. The van der Waals surface area contributed by atoms with Gasteiger partial charge in [0.1, 0.15) is 49.4 Å². The van der Waals surface area contributed by atoms with Crippen LogP contribution in [-0.2, 0) is 56.9 Å². The Morgan fingerprint density at radius 2 is 1.78 bits per heavy atom. The van der Waals surface area contributed by atoms with Crippen LogP contribution in [0.4, 0.5) is 5.69 Å². The maximum Gasteiger partial charge on any atom is 0.355 e. The van der Waals surface area contributed by atoms with Gasteiger partial charge in [0.15, 0.2) is 16.6 Å². The quantitative estimate of drug-likeness (QED) is 0.0421. The number of aliphatic hydroxyl groups is 2. The van der Waals surface area contributed by atoms with Gasteiger partial charge in [-0.1, -0.05) is 6.92 Å². The minimum atomic E-state index is -2.02. The number of aliphatic carboxylic acids is 1. The molecule has 6 heterocycles. The fourth-order valence-electron chi connectivity index (χ4n) is 8.46. The Morgan fingerprint density at radius 3 is 2.49 bits per heavy atom. The van der Waals surface area contributed by atoms with Crippen molar-refractivity contribution in [2.45, 2.75) is 108 Å². The highest BCUT2D eigenvalue weighted by atomic mass is 32.1. The van der Waals surface area contributed by atoms with Crippen molar-refractivity contribution in [2.75, 3.05) is 25.3 Å². The topological polar surface area (TPSA) is 291 Å². The molecule has 0 radical (unpaired) electrons. The number of benzene rings is 2. The Kier molecular flexibility index (Phi) is 13.6. The molecule has 2 aromatic carbocycles. The van der Waals surface area contributed by atoms with Gasteiger partial charge in [-0.25, -0.2) is 19.4 Å². The van der Waals surface area contributed by atoms with Crippen LogP contribution in [0.15, 0.2) is 53.3 Å². The van der Waals surface area contributed by atoms with Gasteiger partial charge in [-0.2, -0.15) is 0 Å². The van der Waals surface area contributed by atoms with Crippen LogP contribution in [0, 0.1) is 0 Å². The highest BCUT2D eigenvalue weighted by molar-refractivity contribution is 7.80. The van der Waals surface area contributed by atoms with Crippen LogP contribution >= 0.6 is 12.2 Å². The Labute approximate surface area is 387 Å². The zero-order valence-corrected chi connectivity index (χ0v) is 37.5. The van der Waals surface area contributed by atoms with Crippen molar-refractivity contribution in [2.24, 2.45) is 5.73 Å². The van der Waals surface area contributed by atoms with Crippen molar-refractivity contribution >= 4 is 57.7 Å². The van der Waals surface area contributed by atoms with Gasteiger partial charge in [-0.15, -0.1) is 0 Å². The van der Waals surface area contributed by atoms with Crippen LogP contribution in [-0.4, -0.2) is 117 Å². The van der Waals surface area contributed by atoms with Crippen LogP contribution in [0.25, 0.3) is 22.3 Å². The largest absolute Gasteiger partial charge is 0.480 e. The number of carbonyl (C=O) groups is 4. The molecule has 356 valence electrons. The minimum absolute atomic E-state index is 0.0599. The third-order valence-corrected chi connectivity index (χ3v) is 12.3. The molecule has 0 saturated carbocycles. The number of thiocarbonyl (C=S) groups is 1. The second-order valence-corrected chi connectivity index (χ2v) is 17.0. The Hall–Kier alpha value is -6.43. The zero-order valence-electron chi connectivity index (χ0n) is 36.6. The third kappa shape index (κ3) is 9.45. The maximum absolute atomic E-state index is 14.1. The second kappa shape index (κ2) is 19.4. The Morgan fingerprint density at radius 1 is 1.03 bits per heavy atom. The standard InChI is InChI=1S/C45H50N6O15S/c1-4-45(28-15-31-35-24(17-51(31)40(57)27(28)18-61-43(45)59)13-23-14-32-33(63-20-62-32)16-30(23)49-35)66-41(58)21(2)47-39(56)29(7-5-6-12-46)50-44(67)48-25-8-10-26(11-9-25)65-42-37(55)38(60-19-34(52)53)36(54)22(3)64-42/h8-11,13-16,21-22,29,36-38,42,54-55H,4-7,12,17-20,46H2,1-3H3,(H,47,56)(H,52,53)(H2,48,50,67)/t21?,22?,29-,36?,37?,38?,42?,45-/m0/s1. The number of rotatable bonds is 16. The number of aromatic nitrogens is 2. The summed E-state index contributed by atoms with van der Waals surface area (Å²) in [5.41, 5.74) is 6.47. The highest BCUT2D eigenvalue weighted by Gasteiger charge is 2.51. The molecule has 1 amide bonds. The molecular weight excluding hydrogens is 897 g/mol. The number of nitrogens with one attached hydrogen (secondary N) is 3. The van der Waals surface area contributed by atoms with Gasteiger partial charge < -0.3 is 74.7 Å². The number of carbonyl (C=O) groups excluding carboxylic acids is 3. The van der Waals surface area contributed by atoms with Gasteiger partial charge in [0, 0.05) is 28.3 Å². The number of hydrogen-bond acceptors (Lipinski definition) is 17. The third-order valence-electron chi connectivity index (χ3n) is 12.1. The zero-order chi connectivity index (χ0) is 47.7. The SMILES string of the molecule is CC[C@@]1(OC(=O)C(C)NC(=O)[C@H](CCCCN)NC(=S)Nc2ccc(OC3OC(C)C(O)C(OCC(=O)O)C3O)cc2)C(=O)OCc2c1cc1n(c2=O)Cc2cc3cc4c(cc3nc2-1)OCO4. The van der Waals surface area contributed by atoms with E-state index >= 15 is 0 Å². The van der Waals surface area contributed by atoms with Gasteiger partial charge in [0.2, 0.25) is 24.6 Å². The Bertz CT molecular complexity index is 2660. The first-order valence-corrected chi connectivity index (χ1v) is 22.1. The van der Waals surface area contributed by atoms with Crippen LogP contribution in [0.5, 0.6) is 17.2 Å². The number of cyclic esters (lactones) is 1. The van der Waals surface area contributed by atoms with Crippen LogP contribution in [0.1, 0.15) is 63.1 Å². The van der Waals surface area contributed by atoms with E-state index in [-0.39, 0.29) is 54.8 Å². The number of carboxylic acids is 1. The minimum Gasteiger partial charge on any atom is -0.480 e. The highest BCUT2D eigenvalue weighted by Crippen LogP contribution is 2.43. The summed E-state index contributed by atoms with van der Waals surface area (Å²) >= 11 is 5.56. The summed E-state index contributed by atoms with van der Waals surface area (Å²) in [6, 6.07) is 11.2. The number of carboxylic acid groups (broad SMARTS) is 1. The maximum atomic E-state index is 14.1. The number of esters is 2. The number of fused-ring (bicyclic) bond motifs is 6. The number of anilines is 1. The Balaban J connectivity index is 0.931. The number of nitrogens with two attached hydrogens (primary N) is 1. The lowest BCUT2D eigenvalue weighted by molar-refractivity contribution is -0.276. The van der Waals surface area contributed by atoms with Gasteiger partial charge in [0.05, 0.1) is 35.1 Å². The molecule has 4 aliphatic heterocycles. The van der Waals surface area contributed by atoms with E-state index in [1.807, 2.05) is 12.1 Å². The predicted molar refractivity (Wildman–Crippen MR) is 239 cm³/mol. The summed E-state index contributed by atoms with van der Waals surface area (Å²) < 4.78 is 40.7. The first-order chi connectivity index (χ1) is 32.1. The van der Waals surface area contributed by atoms with Crippen molar-refractivity contribution in [3.05, 3.63) is 75.6 Å². The molecule has 22 heteroatoms. The fourth-order valence-corrected chi connectivity index (χ4v) is 8.72. The van der Waals surface area contributed by atoms with Crippen LogP contribution in [0.2, 0.25) is 0 Å². The van der Waals surface area contributed by atoms with Gasteiger partial charge in [-0.05, 0) is 101 Å². The molecule has 1 saturated heterocycles. The lowest BCUT2D eigenvalue weighted by Crippen LogP contribution is -2.59. The van der Waals surface area contributed by atoms with Crippen molar-refractivity contribution in [3.63, 3.8) is 0 Å². The van der Waals surface area contributed by atoms with E-state index in [4.69, 9.17) is 61.2 Å². The average molecular weight is 947 g/mol. The molecule has 21 nitrogen and oxygen atoms in total. The first kappa shape index (κ1) is 47.1. The number of nitrogens with zero attached hydrogens (tertiary/aromatic N) is 2. The van der Waals surface area contributed by atoms with Crippen molar-refractivity contribution in [1.29, 1.82) is 0 Å². The molecule has 4 aliphatic rings. The molecule has 0 aliphatic carbocycles. The number of aliphatic hydroxyl groups excluding tert-OH is 2. The van der Waals surface area contributed by atoms with E-state index in [0.29, 0.717) is 53.5 Å². The molecule has 1 fully saturated rings.